The molecule has 0 fully saturated rings. The first kappa shape index (κ1) is 21.4. The van der Waals surface area contributed by atoms with Gasteiger partial charge in [-0.2, -0.15) is 0 Å². The molecule has 0 saturated carbocycles. The smallest absolute Gasteiger partial charge is 0.341 e. The van der Waals surface area contributed by atoms with Crippen LogP contribution in [-0.4, -0.2) is 32.1 Å². The number of amides is 1. The van der Waals surface area contributed by atoms with E-state index >= 15 is 0 Å². The zero-order chi connectivity index (χ0) is 21.5. The van der Waals surface area contributed by atoms with Crippen molar-refractivity contribution in [2.24, 2.45) is 0 Å². The van der Waals surface area contributed by atoms with Crippen LogP contribution in [0.5, 0.6) is 5.75 Å². The van der Waals surface area contributed by atoms with Crippen molar-refractivity contribution in [2.75, 3.05) is 30.9 Å². The maximum atomic E-state index is 12.6. The van der Waals surface area contributed by atoms with Crippen molar-refractivity contribution in [3.63, 3.8) is 0 Å². The summed E-state index contributed by atoms with van der Waals surface area (Å²) in [5.74, 6) is -0.0742. The lowest BCUT2D eigenvalue weighted by Gasteiger charge is -2.12. The molecule has 0 aliphatic rings. The number of rotatable bonds is 8. The normalized spacial score (nSPS) is 10.4. The topological polar surface area (TPSA) is 76.7 Å². The van der Waals surface area contributed by atoms with Crippen molar-refractivity contribution < 1.29 is 19.1 Å². The Morgan fingerprint density at radius 3 is 2.57 bits per heavy atom. The van der Waals surface area contributed by atoms with Gasteiger partial charge in [0.05, 0.1) is 25.9 Å². The molecule has 0 saturated heterocycles. The molecule has 2 aromatic carbocycles. The van der Waals surface area contributed by atoms with E-state index in [2.05, 4.69) is 10.6 Å². The highest BCUT2D eigenvalue weighted by Crippen LogP contribution is 2.36. The Balaban J connectivity index is 1.79. The number of thiophene rings is 1. The Morgan fingerprint density at radius 1 is 1.10 bits per heavy atom. The van der Waals surface area contributed by atoms with Crippen LogP contribution < -0.4 is 15.4 Å². The minimum atomic E-state index is -0.457. The van der Waals surface area contributed by atoms with Gasteiger partial charge in [-0.15, -0.1) is 11.3 Å². The SMILES string of the molecule is CCOC(=O)c1c(-c2ccccc2)csc1NC(=O)CNc1cc(C)ccc1OC. The predicted octanol–water partition coefficient (Wildman–Crippen LogP) is 4.96. The first-order valence-corrected chi connectivity index (χ1v) is 10.4. The van der Waals surface area contributed by atoms with Gasteiger partial charge in [0.1, 0.15) is 16.3 Å². The fourth-order valence-corrected chi connectivity index (χ4v) is 3.97. The van der Waals surface area contributed by atoms with Gasteiger partial charge in [0.25, 0.3) is 0 Å². The van der Waals surface area contributed by atoms with E-state index in [4.69, 9.17) is 9.47 Å². The fraction of sp³-hybridized carbons (Fsp3) is 0.217. The zero-order valence-electron chi connectivity index (χ0n) is 17.2. The highest BCUT2D eigenvalue weighted by atomic mass is 32.1. The van der Waals surface area contributed by atoms with Crippen LogP contribution in [0.1, 0.15) is 22.8 Å². The molecule has 2 N–H and O–H groups in total. The van der Waals surface area contributed by atoms with Crippen molar-refractivity contribution in [3.05, 3.63) is 65.0 Å². The van der Waals surface area contributed by atoms with E-state index in [1.165, 1.54) is 11.3 Å². The van der Waals surface area contributed by atoms with Gasteiger partial charge < -0.3 is 20.1 Å². The molecule has 3 aromatic rings. The molecular formula is C23H24N2O4S. The Morgan fingerprint density at radius 2 is 1.87 bits per heavy atom. The van der Waals surface area contributed by atoms with Gasteiger partial charge in [-0.1, -0.05) is 36.4 Å². The summed E-state index contributed by atoms with van der Waals surface area (Å²) in [5.41, 5.74) is 3.78. The molecule has 0 atom stereocenters. The van der Waals surface area contributed by atoms with Crippen LogP contribution >= 0.6 is 11.3 Å². The molecule has 3 rings (SSSR count). The molecule has 1 heterocycles. The van der Waals surface area contributed by atoms with Crippen LogP contribution in [0, 0.1) is 6.92 Å². The maximum absolute atomic E-state index is 12.6. The van der Waals surface area contributed by atoms with E-state index in [-0.39, 0.29) is 19.1 Å². The van der Waals surface area contributed by atoms with Gasteiger partial charge in [0.2, 0.25) is 5.91 Å². The van der Waals surface area contributed by atoms with Crippen LogP contribution in [-0.2, 0) is 9.53 Å². The summed E-state index contributed by atoms with van der Waals surface area (Å²) in [7, 11) is 1.58. The van der Waals surface area contributed by atoms with Gasteiger partial charge in [0, 0.05) is 10.9 Å². The molecule has 0 spiro atoms. The number of hydrogen-bond donors (Lipinski definition) is 2. The number of benzene rings is 2. The quantitative estimate of drug-likeness (QED) is 0.500. The van der Waals surface area contributed by atoms with Crippen molar-refractivity contribution in [3.8, 4) is 16.9 Å². The summed E-state index contributed by atoms with van der Waals surface area (Å²) < 4.78 is 10.6. The van der Waals surface area contributed by atoms with E-state index in [9.17, 15) is 9.59 Å². The van der Waals surface area contributed by atoms with Crippen LogP contribution in [0.3, 0.4) is 0 Å². The Hall–Kier alpha value is -3.32. The first-order valence-electron chi connectivity index (χ1n) is 9.55. The molecule has 0 radical (unpaired) electrons. The second-order valence-corrected chi connectivity index (χ2v) is 7.43. The molecule has 0 bridgehead atoms. The number of aryl methyl sites for hydroxylation is 1. The van der Waals surface area contributed by atoms with Crippen LogP contribution in [0.15, 0.2) is 53.9 Å². The number of anilines is 2. The average molecular weight is 425 g/mol. The van der Waals surface area contributed by atoms with Gasteiger partial charge in [-0.25, -0.2) is 4.79 Å². The van der Waals surface area contributed by atoms with E-state index < -0.39 is 5.97 Å². The molecule has 1 amide bonds. The lowest BCUT2D eigenvalue weighted by molar-refractivity contribution is -0.114. The summed E-state index contributed by atoms with van der Waals surface area (Å²) in [6.45, 7) is 4.00. The standard InChI is InChI=1S/C23H24N2O4S/c1-4-29-23(27)21-17(16-8-6-5-7-9-16)14-30-22(21)25-20(26)13-24-18-12-15(2)10-11-19(18)28-3/h5-12,14,24H,4,13H2,1-3H3,(H,25,26). The third-order valence-electron chi connectivity index (χ3n) is 4.40. The molecule has 6 nitrogen and oxygen atoms in total. The highest BCUT2D eigenvalue weighted by Gasteiger charge is 2.22. The number of hydrogen-bond acceptors (Lipinski definition) is 6. The van der Waals surface area contributed by atoms with Gasteiger partial charge >= 0.3 is 5.97 Å². The largest absolute Gasteiger partial charge is 0.495 e. The fourth-order valence-electron chi connectivity index (χ4n) is 2.99. The van der Waals surface area contributed by atoms with Crippen molar-refractivity contribution in [1.82, 2.24) is 0 Å². The molecule has 0 aliphatic heterocycles. The molecule has 30 heavy (non-hydrogen) atoms. The predicted molar refractivity (Wildman–Crippen MR) is 121 cm³/mol. The monoisotopic (exact) mass is 424 g/mol. The molecule has 1 aromatic heterocycles. The number of nitrogens with one attached hydrogen (secondary N) is 2. The van der Waals surface area contributed by atoms with Crippen LogP contribution in [0.25, 0.3) is 11.1 Å². The van der Waals surface area contributed by atoms with E-state index in [0.717, 1.165) is 22.4 Å². The van der Waals surface area contributed by atoms with E-state index in [1.807, 2.05) is 60.8 Å². The number of carbonyl (C=O) groups excluding carboxylic acids is 2. The Kier molecular flexibility index (Phi) is 7.08. The number of ether oxygens (including phenoxy) is 2. The summed E-state index contributed by atoms with van der Waals surface area (Å²) >= 11 is 1.30. The summed E-state index contributed by atoms with van der Waals surface area (Å²) in [5, 5.41) is 8.25. The Labute approximate surface area is 179 Å². The highest BCUT2D eigenvalue weighted by molar-refractivity contribution is 7.15. The van der Waals surface area contributed by atoms with Crippen molar-refractivity contribution >= 4 is 33.9 Å². The maximum Gasteiger partial charge on any atom is 0.341 e. The van der Waals surface area contributed by atoms with Gasteiger partial charge in [0.15, 0.2) is 0 Å². The lowest BCUT2D eigenvalue weighted by Crippen LogP contribution is -2.22. The zero-order valence-corrected chi connectivity index (χ0v) is 18.0. The minimum absolute atomic E-state index is 0.0284. The van der Waals surface area contributed by atoms with E-state index in [0.29, 0.717) is 16.3 Å². The second-order valence-electron chi connectivity index (χ2n) is 6.55. The number of methoxy groups -OCH3 is 1. The van der Waals surface area contributed by atoms with Crippen molar-refractivity contribution in [1.29, 1.82) is 0 Å². The lowest BCUT2D eigenvalue weighted by atomic mass is 10.0. The molecule has 156 valence electrons. The minimum Gasteiger partial charge on any atom is -0.495 e. The van der Waals surface area contributed by atoms with Crippen LogP contribution in [0.2, 0.25) is 0 Å². The second kappa shape index (κ2) is 9.93. The average Bonchev–Trinajstić information content (AvgIpc) is 3.16. The third kappa shape index (κ3) is 4.99. The summed E-state index contributed by atoms with van der Waals surface area (Å²) in [4.78, 5) is 25.2. The van der Waals surface area contributed by atoms with E-state index in [1.54, 1.807) is 14.0 Å². The molecule has 7 heteroatoms. The van der Waals surface area contributed by atoms with Crippen LogP contribution in [0.4, 0.5) is 10.7 Å². The van der Waals surface area contributed by atoms with Crippen molar-refractivity contribution in [2.45, 2.75) is 13.8 Å². The summed E-state index contributed by atoms with van der Waals surface area (Å²) in [6.07, 6.45) is 0. The van der Waals surface area contributed by atoms with Gasteiger partial charge in [-0.05, 0) is 37.1 Å². The van der Waals surface area contributed by atoms with Gasteiger partial charge in [-0.3, -0.25) is 4.79 Å². The Bertz CT molecular complexity index is 1030. The third-order valence-corrected chi connectivity index (χ3v) is 5.30. The number of carbonyl (C=O) groups is 2. The molecular weight excluding hydrogens is 400 g/mol. The molecule has 0 unspecified atom stereocenters. The first-order chi connectivity index (χ1) is 14.5. The summed E-state index contributed by atoms with van der Waals surface area (Å²) in [6, 6.07) is 15.2. The number of esters is 1. The molecule has 0 aliphatic carbocycles.